The Kier molecular flexibility index (Phi) is 3.78. The minimum absolute atomic E-state index is 0.114. The van der Waals surface area contributed by atoms with E-state index in [9.17, 15) is 4.79 Å². The van der Waals surface area contributed by atoms with Crippen molar-refractivity contribution in [2.45, 2.75) is 6.04 Å². The number of halogens is 1. The van der Waals surface area contributed by atoms with Gasteiger partial charge in [0.15, 0.2) is 0 Å². The van der Waals surface area contributed by atoms with E-state index >= 15 is 0 Å². The molecule has 2 aromatic rings. The van der Waals surface area contributed by atoms with Gasteiger partial charge in [-0.25, -0.2) is 0 Å². The molecule has 0 bridgehead atoms. The zero-order valence-electron chi connectivity index (χ0n) is 10.6. The van der Waals surface area contributed by atoms with Gasteiger partial charge >= 0.3 is 0 Å². The van der Waals surface area contributed by atoms with Crippen molar-refractivity contribution >= 4 is 33.2 Å². The van der Waals surface area contributed by atoms with Crippen molar-refractivity contribution < 1.29 is 9.53 Å². The van der Waals surface area contributed by atoms with Crippen LogP contribution >= 0.6 is 27.3 Å². The van der Waals surface area contributed by atoms with Gasteiger partial charge in [-0.3, -0.25) is 4.79 Å². The Labute approximate surface area is 129 Å². The van der Waals surface area contributed by atoms with Crippen LogP contribution in [0.4, 0.5) is 0 Å². The minimum atomic E-state index is -0.259. The number of nitrogens with two attached hydrogens (primary N) is 1. The van der Waals surface area contributed by atoms with Crippen molar-refractivity contribution in [2.24, 2.45) is 5.73 Å². The molecule has 6 heteroatoms. The third-order valence-electron chi connectivity index (χ3n) is 3.18. The van der Waals surface area contributed by atoms with Gasteiger partial charge in [-0.15, -0.1) is 11.3 Å². The zero-order chi connectivity index (χ0) is 14.1. The van der Waals surface area contributed by atoms with Crippen LogP contribution in [0.15, 0.2) is 34.1 Å². The Hall–Kier alpha value is -1.37. The minimum Gasteiger partial charge on any atom is -0.491 e. The highest BCUT2D eigenvalue weighted by atomic mass is 79.9. The molecule has 1 aromatic carbocycles. The number of ether oxygens (including phenoxy) is 1. The molecule has 2 heterocycles. The number of hydrogen-bond acceptors (Lipinski definition) is 4. The molecular formula is C14H13BrN2O2S. The van der Waals surface area contributed by atoms with Crippen molar-refractivity contribution in [1.82, 2.24) is 5.32 Å². The number of amides is 1. The maximum Gasteiger partial charge on any atom is 0.255 e. The van der Waals surface area contributed by atoms with Crippen LogP contribution in [0.5, 0.6) is 5.75 Å². The van der Waals surface area contributed by atoms with Gasteiger partial charge in [0.1, 0.15) is 12.4 Å². The number of thiophene rings is 1. The van der Waals surface area contributed by atoms with Crippen molar-refractivity contribution in [2.75, 3.05) is 13.2 Å². The Morgan fingerprint density at radius 1 is 1.40 bits per heavy atom. The van der Waals surface area contributed by atoms with E-state index in [0.29, 0.717) is 24.5 Å². The summed E-state index contributed by atoms with van der Waals surface area (Å²) < 4.78 is 6.53. The largest absolute Gasteiger partial charge is 0.491 e. The molecule has 0 saturated heterocycles. The fourth-order valence-corrected chi connectivity index (χ4v) is 3.79. The predicted octanol–water partition coefficient (Wildman–Crippen LogP) is 2.68. The zero-order valence-corrected chi connectivity index (χ0v) is 13.0. The first-order valence-electron chi connectivity index (χ1n) is 6.20. The Balaban J connectivity index is 2.00. The molecule has 4 nitrogen and oxygen atoms in total. The highest BCUT2D eigenvalue weighted by molar-refractivity contribution is 9.10. The van der Waals surface area contributed by atoms with Crippen LogP contribution in [-0.4, -0.2) is 19.1 Å². The van der Waals surface area contributed by atoms with E-state index in [1.807, 2.05) is 29.6 Å². The smallest absolute Gasteiger partial charge is 0.255 e. The van der Waals surface area contributed by atoms with Crippen molar-refractivity contribution in [3.8, 4) is 5.75 Å². The van der Waals surface area contributed by atoms with Crippen LogP contribution < -0.4 is 15.8 Å². The average molecular weight is 353 g/mol. The molecule has 104 valence electrons. The number of carbonyl (C=O) groups excluding carboxylic acids is 1. The molecule has 1 aliphatic heterocycles. The second-order valence-corrected chi connectivity index (χ2v) is 6.27. The second-order valence-electron chi connectivity index (χ2n) is 4.47. The lowest BCUT2D eigenvalue weighted by atomic mass is 10.0. The number of benzene rings is 1. The van der Waals surface area contributed by atoms with Crippen molar-refractivity contribution in [1.29, 1.82) is 0 Å². The fourth-order valence-electron chi connectivity index (χ4n) is 2.14. The molecular weight excluding hydrogens is 340 g/mol. The number of fused-ring (bicyclic) bond motifs is 1. The van der Waals surface area contributed by atoms with Crippen LogP contribution in [0, 0.1) is 0 Å². The SMILES string of the molecule is NC(c1ccc2c(c1)C(=O)NCCO2)c1sccc1Br. The van der Waals surface area contributed by atoms with Crippen LogP contribution in [0.3, 0.4) is 0 Å². The molecule has 0 fully saturated rings. The molecule has 20 heavy (non-hydrogen) atoms. The van der Waals surface area contributed by atoms with Crippen molar-refractivity contribution in [3.63, 3.8) is 0 Å². The van der Waals surface area contributed by atoms with E-state index in [1.54, 1.807) is 11.3 Å². The summed E-state index contributed by atoms with van der Waals surface area (Å²) in [6, 6.07) is 7.25. The van der Waals surface area contributed by atoms with Gasteiger partial charge in [-0.2, -0.15) is 0 Å². The van der Waals surface area contributed by atoms with Crippen LogP contribution in [0.1, 0.15) is 26.8 Å². The lowest BCUT2D eigenvalue weighted by Crippen LogP contribution is -2.24. The Bertz CT molecular complexity index is 656. The number of nitrogens with one attached hydrogen (secondary N) is 1. The molecule has 1 aliphatic rings. The van der Waals surface area contributed by atoms with E-state index in [0.717, 1.165) is 14.9 Å². The summed E-state index contributed by atoms with van der Waals surface area (Å²) >= 11 is 5.08. The van der Waals surface area contributed by atoms with E-state index in [-0.39, 0.29) is 11.9 Å². The Morgan fingerprint density at radius 2 is 2.25 bits per heavy atom. The summed E-state index contributed by atoms with van der Waals surface area (Å²) in [4.78, 5) is 13.0. The monoisotopic (exact) mass is 352 g/mol. The van der Waals surface area contributed by atoms with Crippen LogP contribution in [-0.2, 0) is 0 Å². The molecule has 3 rings (SSSR count). The molecule has 3 N–H and O–H groups in total. The van der Waals surface area contributed by atoms with Gasteiger partial charge in [0.2, 0.25) is 0 Å². The lowest BCUT2D eigenvalue weighted by molar-refractivity contribution is 0.0957. The van der Waals surface area contributed by atoms with E-state index in [1.165, 1.54) is 0 Å². The van der Waals surface area contributed by atoms with Gasteiger partial charge in [0.25, 0.3) is 5.91 Å². The summed E-state index contributed by atoms with van der Waals surface area (Å²) in [5.41, 5.74) is 7.73. The predicted molar refractivity (Wildman–Crippen MR) is 82.3 cm³/mol. The lowest BCUT2D eigenvalue weighted by Gasteiger charge is -2.13. The third kappa shape index (κ3) is 2.46. The van der Waals surface area contributed by atoms with Gasteiger partial charge in [-0.05, 0) is 45.1 Å². The first-order valence-corrected chi connectivity index (χ1v) is 7.87. The van der Waals surface area contributed by atoms with Gasteiger partial charge in [0, 0.05) is 9.35 Å². The maximum atomic E-state index is 12.0. The number of carbonyl (C=O) groups is 1. The van der Waals surface area contributed by atoms with E-state index < -0.39 is 0 Å². The first-order chi connectivity index (χ1) is 9.66. The van der Waals surface area contributed by atoms with E-state index in [4.69, 9.17) is 10.5 Å². The third-order valence-corrected chi connectivity index (χ3v) is 5.13. The quantitative estimate of drug-likeness (QED) is 0.873. The summed E-state index contributed by atoms with van der Waals surface area (Å²) in [5.74, 6) is 0.498. The molecule has 1 unspecified atom stereocenters. The molecule has 0 spiro atoms. The molecule has 1 aromatic heterocycles. The summed E-state index contributed by atoms with van der Waals surface area (Å²) in [5, 5.41) is 4.79. The Morgan fingerprint density at radius 3 is 3.00 bits per heavy atom. The summed E-state index contributed by atoms with van der Waals surface area (Å²) in [7, 11) is 0. The second kappa shape index (κ2) is 5.55. The first kappa shape index (κ1) is 13.6. The summed E-state index contributed by atoms with van der Waals surface area (Å²) in [6.07, 6.45) is 0. The highest BCUT2D eigenvalue weighted by Gasteiger charge is 2.20. The number of rotatable bonds is 2. The summed E-state index contributed by atoms with van der Waals surface area (Å²) in [6.45, 7) is 1.01. The molecule has 1 atom stereocenters. The van der Waals surface area contributed by atoms with Gasteiger partial charge < -0.3 is 15.8 Å². The fraction of sp³-hybridized carbons (Fsp3) is 0.214. The standard InChI is InChI=1S/C14H13BrN2O2S/c15-10-3-6-20-13(10)12(16)8-1-2-11-9(7-8)14(18)17-4-5-19-11/h1-3,6-7,12H,4-5,16H2,(H,17,18). The average Bonchev–Trinajstić information content (AvgIpc) is 2.79. The van der Waals surface area contributed by atoms with Crippen molar-refractivity contribution in [3.05, 3.63) is 50.1 Å². The van der Waals surface area contributed by atoms with E-state index in [2.05, 4.69) is 21.2 Å². The van der Waals surface area contributed by atoms with Crippen LogP contribution in [0.25, 0.3) is 0 Å². The molecule has 1 amide bonds. The number of hydrogen-bond donors (Lipinski definition) is 2. The maximum absolute atomic E-state index is 12.0. The highest BCUT2D eigenvalue weighted by Crippen LogP contribution is 2.33. The topological polar surface area (TPSA) is 64.4 Å². The molecule has 0 saturated carbocycles. The molecule has 0 radical (unpaired) electrons. The van der Waals surface area contributed by atoms with Gasteiger partial charge in [-0.1, -0.05) is 6.07 Å². The normalized spacial score (nSPS) is 15.8. The molecule has 0 aliphatic carbocycles. The van der Waals surface area contributed by atoms with Crippen LogP contribution in [0.2, 0.25) is 0 Å². The van der Waals surface area contributed by atoms with Gasteiger partial charge in [0.05, 0.1) is 18.2 Å².